The minimum Gasteiger partial charge on any atom is -0.449 e. The average Bonchev–Trinajstić information content (AvgIpc) is 2.98. The predicted octanol–water partition coefficient (Wildman–Crippen LogP) is 2.10. The van der Waals surface area contributed by atoms with Crippen molar-refractivity contribution in [2.24, 2.45) is 0 Å². The number of rotatable bonds is 10. The van der Waals surface area contributed by atoms with Crippen molar-refractivity contribution in [1.29, 1.82) is 0 Å². The quantitative estimate of drug-likeness (QED) is 0.396. The van der Waals surface area contributed by atoms with E-state index in [-0.39, 0.29) is 12.2 Å². The van der Waals surface area contributed by atoms with Crippen LogP contribution < -0.4 is 11.0 Å². The lowest BCUT2D eigenvalue weighted by Gasteiger charge is -2.15. The second-order valence-corrected chi connectivity index (χ2v) is 6.89. The van der Waals surface area contributed by atoms with Gasteiger partial charge in [0.1, 0.15) is 12.2 Å². The summed E-state index contributed by atoms with van der Waals surface area (Å²) >= 11 is 0. The number of hydrogen-bond donors (Lipinski definition) is 3. The highest BCUT2D eigenvalue weighted by Crippen LogP contribution is 2.32. The molecular weight excluding hydrogens is 385 g/mol. The number of aromatic nitrogens is 2. The van der Waals surface area contributed by atoms with Gasteiger partial charge in [-0.3, -0.25) is 9.88 Å². The minimum absolute atomic E-state index is 0.0893. The van der Waals surface area contributed by atoms with Crippen molar-refractivity contribution in [3.8, 4) is 0 Å². The Labute approximate surface area is 168 Å². The first-order valence-electron chi connectivity index (χ1n) is 9.74. The Balaban J connectivity index is 1.92. The van der Waals surface area contributed by atoms with E-state index >= 15 is 0 Å². The van der Waals surface area contributed by atoms with E-state index < -0.39 is 48.5 Å². The van der Waals surface area contributed by atoms with Crippen molar-refractivity contribution in [1.82, 2.24) is 9.55 Å². The molecule has 10 heteroatoms. The number of aliphatic hydroxyl groups is 2. The third-order valence-electron chi connectivity index (χ3n) is 4.64. The molecular formula is C19H28FN3O6. The molecule has 1 saturated heterocycles. The van der Waals surface area contributed by atoms with E-state index in [1.165, 1.54) is 6.42 Å². The zero-order chi connectivity index (χ0) is 21.4. The third kappa shape index (κ3) is 6.09. The molecule has 29 heavy (non-hydrogen) atoms. The molecule has 0 bridgehead atoms. The molecule has 0 unspecified atom stereocenters. The highest BCUT2D eigenvalue weighted by molar-refractivity contribution is 5.83. The Kier molecular flexibility index (Phi) is 8.74. The summed E-state index contributed by atoms with van der Waals surface area (Å²) in [4.78, 5) is 27.5. The van der Waals surface area contributed by atoms with Crippen molar-refractivity contribution >= 4 is 11.9 Å². The average molecular weight is 413 g/mol. The Bertz CT molecular complexity index is 769. The summed E-state index contributed by atoms with van der Waals surface area (Å²) in [6.45, 7) is 5.44. The number of nitrogens with zero attached hydrogens (tertiary/aromatic N) is 2. The van der Waals surface area contributed by atoms with E-state index in [1.54, 1.807) is 0 Å². The Morgan fingerprint density at radius 3 is 2.72 bits per heavy atom. The number of nitrogens with one attached hydrogen (secondary N) is 1. The van der Waals surface area contributed by atoms with Gasteiger partial charge in [0.25, 0.3) is 0 Å². The van der Waals surface area contributed by atoms with Crippen LogP contribution in [0.25, 0.3) is 0 Å². The van der Waals surface area contributed by atoms with Gasteiger partial charge in [0.15, 0.2) is 17.9 Å². The van der Waals surface area contributed by atoms with Crippen molar-refractivity contribution in [3.63, 3.8) is 0 Å². The van der Waals surface area contributed by atoms with Crippen molar-refractivity contribution in [3.05, 3.63) is 34.7 Å². The maximum absolute atomic E-state index is 14.3. The molecule has 1 amide bonds. The van der Waals surface area contributed by atoms with Gasteiger partial charge in [-0.1, -0.05) is 45.6 Å². The fourth-order valence-electron chi connectivity index (χ4n) is 2.98. The lowest BCUT2D eigenvalue weighted by molar-refractivity contribution is -0.0449. The molecule has 162 valence electrons. The molecule has 2 heterocycles. The monoisotopic (exact) mass is 413 g/mol. The Morgan fingerprint density at radius 1 is 1.38 bits per heavy atom. The van der Waals surface area contributed by atoms with E-state index in [4.69, 9.17) is 14.6 Å². The summed E-state index contributed by atoms with van der Waals surface area (Å²) < 4.78 is 25.4. The van der Waals surface area contributed by atoms with Crippen LogP contribution in [0.5, 0.6) is 0 Å². The number of carbonyl (C=O) groups is 1. The van der Waals surface area contributed by atoms with Crippen LogP contribution in [0, 0.1) is 5.82 Å². The fourth-order valence-corrected chi connectivity index (χ4v) is 2.98. The van der Waals surface area contributed by atoms with Crippen LogP contribution in [0.1, 0.15) is 51.7 Å². The van der Waals surface area contributed by atoms with Gasteiger partial charge >= 0.3 is 11.8 Å². The van der Waals surface area contributed by atoms with Crippen LogP contribution in [-0.2, 0) is 9.47 Å². The predicted molar refractivity (Wildman–Crippen MR) is 103 cm³/mol. The van der Waals surface area contributed by atoms with Crippen LogP contribution in [0.3, 0.4) is 0 Å². The standard InChI is InChI=1S/C19H28FN3O6/c1-3-4-5-6-7-8-9-28-19(27)22-16-13(20)10-23(18(26)21-16)17-12(2)15(25)14(11-24)29-17/h10,14-15,17,24-25H,2-9,11H2,1H3,(H,21,22,26,27)/t14-,15+,17-/m1/s1. The molecule has 1 aliphatic rings. The highest BCUT2D eigenvalue weighted by atomic mass is 19.1. The van der Waals surface area contributed by atoms with Crippen LogP contribution in [0.2, 0.25) is 0 Å². The summed E-state index contributed by atoms with van der Waals surface area (Å²) in [5, 5.41) is 21.2. The van der Waals surface area contributed by atoms with E-state index in [9.17, 15) is 19.1 Å². The fraction of sp³-hybridized carbons (Fsp3) is 0.632. The zero-order valence-electron chi connectivity index (χ0n) is 16.5. The van der Waals surface area contributed by atoms with Crippen LogP contribution >= 0.6 is 0 Å². The van der Waals surface area contributed by atoms with Gasteiger partial charge in [-0.2, -0.15) is 4.98 Å². The summed E-state index contributed by atoms with van der Waals surface area (Å²) in [6, 6.07) is 0. The van der Waals surface area contributed by atoms with E-state index in [0.29, 0.717) is 6.42 Å². The van der Waals surface area contributed by atoms with Gasteiger partial charge < -0.3 is 19.7 Å². The number of ether oxygens (including phenoxy) is 2. The highest BCUT2D eigenvalue weighted by Gasteiger charge is 2.39. The number of halogens is 1. The number of anilines is 1. The second-order valence-electron chi connectivity index (χ2n) is 6.89. The zero-order valence-corrected chi connectivity index (χ0v) is 16.5. The lowest BCUT2D eigenvalue weighted by Crippen LogP contribution is -2.30. The molecule has 0 saturated carbocycles. The molecule has 1 aliphatic heterocycles. The molecule has 1 aromatic rings. The number of hydrogen-bond acceptors (Lipinski definition) is 7. The van der Waals surface area contributed by atoms with Gasteiger partial charge in [0, 0.05) is 5.57 Å². The summed E-state index contributed by atoms with van der Waals surface area (Å²) in [6.07, 6.45) is 2.70. The summed E-state index contributed by atoms with van der Waals surface area (Å²) in [7, 11) is 0. The third-order valence-corrected chi connectivity index (χ3v) is 4.64. The maximum Gasteiger partial charge on any atom is 0.412 e. The topological polar surface area (TPSA) is 123 Å². The molecule has 0 aromatic carbocycles. The second kappa shape index (κ2) is 11.0. The maximum atomic E-state index is 14.3. The van der Waals surface area contributed by atoms with Gasteiger partial charge in [-0.15, -0.1) is 0 Å². The first-order valence-corrected chi connectivity index (χ1v) is 9.74. The first-order chi connectivity index (χ1) is 13.9. The molecule has 1 fully saturated rings. The molecule has 1 aromatic heterocycles. The molecule has 9 nitrogen and oxygen atoms in total. The molecule has 3 N–H and O–H groups in total. The van der Waals surface area contributed by atoms with Gasteiger partial charge in [0.05, 0.1) is 19.4 Å². The number of aliphatic hydroxyl groups excluding tert-OH is 2. The molecule has 2 rings (SSSR count). The molecule has 0 radical (unpaired) electrons. The molecule has 3 atom stereocenters. The summed E-state index contributed by atoms with van der Waals surface area (Å²) in [5.41, 5.74) is -0.832. The Morgan fingerprint density at radius 2 is 2.07 bits per heavy atom. The van der Waals surface area contributed by atoms with E-state index in [0.717, 1.165) is 36.4 Å². The van der Waals surface area contributed by atoms with E-state index in [1.807, 2.05) is 0 Å². The Hall–Kier alpha value is -2.30. The molecule has 0 spiro atoms. The van der Waals surface area contributed by atoms with Gasteiger partial charge in [0.2, 0.25) is 0 Å². The number of unbranched alkanes of at least 4 members (excludes halogenated alkanes) is 5. The molecule has 0 aliphatic carbocycles. The van der Waals surface area contributed by atoms with Crippen LogP contribution in [-0.4, -0.2) is 51.3 Å². The smallest absolute Gasteiger partial charge is 0.412 e. The van der Waals surface area contributed by atoms with Gasteiger partial charge in [-0.25, -0.2) is 14.0 Å². The van der Waals surface area contributed by atoms with Crippen LogP contribution in [0.15, 0.2) is 23.1 Å². The normalized spacial score (nSPS) is 21.4. The van der Waals surface area contributed by atoms with Crippen molar-refractivity contribution in [2.45, 2.75) is 63.9 Å². The number of amides is 1. The van der Waals surface area contributed by atoms with E-state index in [2.05, 4.69) is 23.8 Å². The number of carbonyl (C=O) groups excluding carboxylic acids is 1. The van der Waals surface area contributed by atoms with Gasteiger partial charge in [-0.05, 0) is 6.42 Å². The SMILES string of the molecule is C=C1[C@H](n2cc(F)c(NC(=O)OCCCCCCCC)nc2=O)O[C@H](CO)[C@H]1O. The van der Waals surface area contributed by atoms with Crippen molar-refractivity contribution < 1.29 is 28.9 Å². The van der Waals surface area contributed by atoms with Crippen LogP contribution in [0.4, 0.5) is 15.0 Å². The summed E-state index contributed by atoms with van der Waals surface area (Å²) in [5.74, 6) is -1.55. The lowest BCUT2D eigenvalue weighted by atomic mass is 10.1. The minimum atomic E-state index is -1.20. The van der Waals surface area contributed by atoms with Crippen molar-refractivity contribution in [2.75, 3.05) is 18.5 Å². The first kappa shape index (κ1) is 23.0. The largest absolute Gasteiger partial charge is 0.449 e.